The molecule has 0 amide bonds. The van der Waals surface area contributed by atoms with Gasteiger partial charge in [0.05, 0.1) is 32.3 Å². The highest BCUT2D eigenvalue weighted by atomic mass is 16.5. The molecule has 2 rings (SSSR count). The van der Waals surface area contributed by atoms with Crippen LogP contribution in [0.3, 0.4) is 0 Å². The molecule has 2 aromatic rings. The lowest BCUT2D eigenvalue weighted by atomic mass is 10.1. The van der Waals surface area contributed by atoms with Gasteiger partial charge in [-0.15, -0.1) is 0 Å². The number of hydrogen-bond acceptors (Lipinski definition) is 4. The summed E-state index contributed by atoms with van der Waals surface area (Å²) in [7, 11) is 3.24. The summed E-state index contributed by atoms with van der Waals surface area (Å²) in [6.45, 7) is 1.95. The summed E-state index contributed by atoms with van der Waals surface area (Å²) < 4.78 is 10.7. The molecular weight excluding hydrogens is 242 g/mol. The van der Waals surface area contributed by atoms with Gasteiger partial charge >= 0.3 is 0 Å². The third kappa shape index (κ3) is 2.52. The summed E-state index contributed by atoms with van der Waals surface area (Å²) in [6.07, 6.45) is 1.96. The van der Waals surface area contributed by atoms with E-state index in [2.05, 4.69) is 16.0 Å². The van der Waals surface area contributed by atoms with E-state index in [4.69, 9.17) is 14.7 Å². The van der Waals surface area contributed by atoms with Crippen molar-refractivity contribution < 1.29 is 9.47 Å². The molecule has 19 heavy (non-hydrogen) atoms. The number of imidazole rings is 1. The standard InChI is InChI=1S/C14H15N3O2/c1-9-6-13(19-3)11(7-12(9)18-2)14-16-8-10(17-14)4-5-15/h6-8H,4H2,1-3H3,(H,16,17). The smallest absolute Gasteiger partial charge is 0.141 e. The van der Waals surface area contributed by atoms with Crippen molar-refractivity contribution in [1.29, 1.82) is 5.26 Å². The minimum Gasteiger partial charge on any atom is -0.496 e. The van der Waals surface area contributed by atoms with E-state index in [1.807, 2.05) is 19.1 Å². The maximum Gasteiger partial charge on any atom is 0.141 e. The Bertz CT molecular complexity index is 626. The van der Waals surface area contributed by atoms with Crippen LogP contribution >= 0.6 is 0 Å². The first-order valence-electron chi connectivity index (χ1n) is 5.83. The molecule has 1 aromatic heterocycles. The van der Waals surface area contributed by atoms with E-state index in [0.717, 1.165) is 28.3 Å². The number of aryl methyl sites for hydroxylation is 1. The predicted molar refractivity (Wildman–Crippen MR) is 71.2 cm³/mol. The summed E-state index contributed by atoms with van der Waals surface area (Å²) >= 11 is 0. The lowest BCUT2D eigenvalue weighted by Gasteiger charge is -2.11. The fraction of sp³-hybridized carbons (Fsp3) is 0.286. The number of ether oxygens (including phenoxy) is 2. The first kappa shape index (κ1) is 13.0. The minimum atomic E-state index is 0.304. The zero-order valence-corrected chi connectivity index (χ0v) is 11.2. The van der Waals surface area contributed by atoms with E-state index >= 15 is 0 Å². The Kier molecular flexibility index (Phi) is 3.71. The molecule has 0 aliphatic rings. The van der Waals surface area contributed by atoms with E-state index in [9.17, 15) is 0 Å². The zero-order valence-electron chi connectivity index (χ0n) is 11.2. The third-order valence-corrected chi connectivity index (χ3v) is 2.87. The number of hydrogen-bond donors (Lipinski definition) is 1. The van der Waals surface area contributed by atoms with Gasteiger partial charge in [0.1, 0.15) is 17.3 Å². The maximum atomic E-state index is 8.68. The summed E-state index contributed by atoms with van der Waals surface area (Å²) in [5, 5.41) is 8.68. The van der Waals surface area contributed by atoms with Crippen LogP contribution < -0.4 is 9.47 Å². The van der Waals surface area contributed by atoms with E-state index < -0.39 is 0 Å². The number of H-pyrrole nitrogens is 1. The van der Waals surface area contributed by atoms with Crippen LogP contribution in [0.2, 0.25) is 0 Å². The van der Waals surface area contributed by atoms with Crippen LogP contribution in [-0.4, -0.2) is 24.2 Å². The third-order valence-electron chi connectivity index (χ3n) is 2.87. The lowest BCUT2D eigenvalue weighted by Crippen LogP contribution is -1.94. The topological polar surface area (TPSA) is 70.9 Å². The van der Waals surface area contributed by atoms with Crippen molar-refractivity contribution in [2.75, 3.05) is 14.2 Å². The lowest BCUT2D eigenvalue weighted by molar-refractivity contribution is 0.401. The Morgan fingerprint density at radius 1 is 1.26 bits per heavy atom. The molecule has 0 radical (unpaired) electrons. The van der Waals surface area contributed by atoms with Gasteiger partial charge in [0.2, 0.25) is 0 Å². The van der Waals surface area contributed by atoms with Crippen LogP contribution in [0, 0.1) is 18.3 Å². The van der Waals surface area contributed by atoms with E-state index in [1.165, 1.54) is 0 Å². The highest BCUT2D eigenvalue weighted by molar-refractivity contribution is 5.68. The van der Waals surface area contributed by atoms with Gasteiger partial charge in [-0.2, -0.15) is 5.26 Å². The van der Waals surface area contributed by atoms with E-state index in [1.54, 1.807) is 20.4 Å². The fourth-order valence-electron chi connectivity index (χ4n) is 1.91. The van der Waals surface area contributed by atoms with Crippen molar-refractivity contribution in [2.24, 2.45) is 0 Å². The van der Waals surface area contributed by atoms with Crippen molar-refractivity contribution >= 4 is 0 Å². The largest absolute Gasteiger partial charge is 0.496 e. The van der Waals surface area contributed by atoms with Gasteiger partial charge in [-0.05, 0) is 24.6 Å². The molecule has 0 saturated heterocycles. The normalized spacial score (nSPS) is 10.0. The molecule has 0 saturated carbocycles. The van der Waals surface area contributed by atoms with Gasteiger partial charge in [-0.3, -0.25) is 0 Å². The zero-order chi connectivity index (χ0) is 13.8. The average Bonchev–Trinajstić information content (AvgIpc) is 2.87. The number of rotatable bonds is 4. The van der Waals surface area contributed by atoms with Gasteiger partial charge < -0.3 is 14.5 Å². The minimum absolute atomic E-state index is 0.304. The molecule has 1 heterocycles. The van der Waals surface area contributed by atoms with Gasteiger partial charge in [0.25, 0.3) is 0 Å². The quantitative estimate of drug-likeness (QED) is 0.913. The Hall–Kier alpha value is -2.48. The van der Waals surface area contributed by atoms with Gasteiger partial charge in [-0.25, -0.2) is 4.98 Å². The molecule has 0 atom stereocenters. The number of benzene rings is 1. The first-order valence-corrected chi connectivity index (χ1v) is 5.83. The van der Waals surface area contributed by atoms with Crippen molar-refractivity contribution in [1.82, 2.24) is 9.97 Å². The van der Waals surface area contributed by atoms with Crippen LogP contribution in [0.15, 0.2) is 18.3 Å². The number of nitrogens with zero attached hydrogens (tertiary/aromatic N) is 2. The van der Waals surface area contributed by atoms with Gasteiger partial charge in [0.15, 0.2) is 0 Å². The second kappa shape index (κ2) is 5.44. The summed E-state index contributed by atoms with van der Waals surface area (Å²) in [5.41, 5.74) is 2.58. The van der Waals surface area contributed by atoms with Crippen molar-refractivity contribution in [3.8, 4) is 29.0 Å². The molecule has 98 valence electrons. The molecule has 1 N–H and O–H groups in total. The van der Waals surface area contributed by atoms with Gasteiger partial charge in [0, 0.05) is 11.9 Å². The number of methoxy groups -OCH3 is 2. The van der Waals surface area contributed by atoms with E-state index in [-0.39, 0.29) is 0 Å². The molecular formula is C14H15N3O2. The Balaban J connectivity index is 2.50. The second-order valence-corrected chi connectivity index (χ2v) is 4.11. The Labute approximate surface area is 111 Å². The Morgan fingerprint density at radius 3 is 2.63 bits per heavy atom. The monoisotopic (exact) mass is 257 g/mol. The predicted octanol–water partition coefficient (Wildman–Crippen LogP) is 2.47. The summed E-state index contributed by atoms with van der Waals surface area (Å²) in [4.78, 5) is 7.38. The van der Waals surface area contributed by atoms with Crippen LogP contribution in [-0.2, 0) is 6.42 Å². The van der Waals surface area contributed by atoms with Crippen LogP contribution in [0.25, 0.3) is 11.4 Å². The molecule has 5 nitrogen and oxygen atoms in total. The highest BCUT2D eigenvalue weighted by Gasteiger charge is 2.13. The van der Waals surface area contributed by atoms with Crippen LogP contribution in [0.5, 0.6) is 11.5 Å². The molecule has 0 bridgehead atoms. The number of nitrogens with one attached hydrogen (secondary N) is 1. The molecule has 5 heteroatoms. The summed E-state index contributed by atoms with van der Waals surface area (Å²) in [5.74, 6) is 2.16. The fourth-order valence-corrected chi connectivity index (χ4v) is 1.91. The SMILES string of the molecule is COc1cc(-c2ncc(CC#N)[nH]2)c(OC)cc1C. The highest BCUT2D eigenvalue weighted by Crippen LogP contribution is 2.34. The summed E-state index contributed by atoms with van der Waals surface area (Å²) in [6, 6.07) is 5.86. The Morgan fingerprint density at radius 2 is 2.00 bits per heavy atom. The average molecular weight is 257 g/mol. The second-order valence-electron chi connectivity index (χ2n) is 4.11. The molecule has 0 aliphatic heterocycles. The van der Waals surface area contributed by atoms with Crippen molar-refractivity contribution in [3.05, 3.63) is 29.6 Å². The molecule has 0 fully saturated rings. The van der Waals surface area contributed by atoms with Crippen molar-refractivity contribution in [2.45, 2.75) is 13.3 Å². The van der Waals surface area contributed by atoms with Crippen molar-refractivity contribution in [3.63, 3.8) is 0 Å². The van der Waals surface area contributed by atoms with E-state index in [0.29, 0.717) is 12.2 Å². The molecule has 1 aromatic carbocycles. The van der Waals surface area contributed by atoms with Crippen LogP contribution in [0.1, 0.15) is 11.3 Å². The molecule has 0 aliphatic carbocycles. The number of nitriles is 1. The number of aromatic nitrogens is 2. The van der Waals surface area contributed by atoms with Gasteiger partial charge in [-0.1, -0.05) is 0 Å². The maximum absolute atomic E-state index is 8.68. The van der Waals surface area contributed by atoms with Crippen LogP contribution in [0.4, 0.5) is 0 Å². The first-order chi connectivity index (χ1) is 9.19. The molecule has 0 unspecified atom stereocenters. The number of aromatic amines is 1. The molecule has 0 spiro atoms.